The van der Waals surface area contributed by atoms with E-state index in [4.69, 9.17) is 10.00 Å². The molecule has 0 fully saturated rings. The minimum atomic E-state index is 0.564. The Bertz CT molecular complexity index is 635. The zero-order valence-corrected chi connectivity index (χ0v) is 12.8. The number of nitrogens with zero attached hydrogens (tertiary/aromatic N) is 1. The number of ether oxygens (including phenoxy) is 1. The van der Waals surface area contributed by atoms with Gasteiger partial charge < -0.3 is 10.1 Å². The number of hydrogen-bond acceptors (Lipinski definition) is 3. The van der Waals surface area contributed by atoms with Crippen LogP contribution in [0.25, 0.3) is 0 Å². The third-order valence-electron chi connectivity index (χ3n) is 2.93. The lowest BCUT2D eigenvalue weighted by Crippen LogP contribution is -2.12. The molecule has 0 atom stereocenters. The van der Waals surface area contributed by atoms with E-state index in [1.165, 1.54) is 5.56 Å². The molecular formula is C16H15BrN2O. The number of nitrogens with one attached hydrogen (secondary N) is 1. The third-order valence-corrected chi connectivity index (χ3v) is 3.42. The maximum atomic E-state index is 9.05. The van der Waals surface area contributed by atoms with Crippen LogP contribution >= 0.6 is 15.9 Å². The maximum Gasteiger partial charge on any atom is 0.136 e. The monoisotopic (exact) mass is 330 g/mol. The highest BCUT2D eigenvalue weighted by molar-refractivity contribution is 9.10. The molecule has 0 saturated heterocycles. The third kappa shape index (κ3) is 3.83. The second-order valence-electron chi connectivity index (χ2n) is 4.38. The fourth-order valence-corrected chi connectivity index (χ4v) is 2.40. The minimum absolute atomic E-state index is 0.564. The highest BCUT2D eigenvalue weighted by atomic mass is 79.9. The summed E-state index contributed by atoms with van der Waals surface area (Å²) in [5, 5.41) is 12.4. The van der Waals surface area contributed by atoms with Crippen molar-refractivity contribution < 1.29 is 4.74 Å². The average Bonchev–Trinajstić information content (AvgIpc) is 2.47. The van der Waals surface area contributed by atoms with Gasteiger partial charge in [-0.25, -0.2) is 0 Å². The van der Waals surface area contributed by atoms with E-state index in [1.807, 2.05) is 30.3 Å². The lowest BCUT2D eigenvalue weighted by atomic mass is 10.1. The first kappa shape index (κ1) is 14.6. The molecule has 0 aliphatic rings. The number of benzene rings is 2. The Morgan fingerprint density at radius 2 is 1.90 bits per heavy atom. The van der Waals surface area contributed by atoms with Crippen molar-refractivity contribution in [2.24, 2.45) is 0 Å². The van der Waals surface area contributed by atoms with Crippen molar-refractivity contribution in [3.8, 4) is 11.8 Å². The van der Waals surface area contributed by atoms with Gasteiger partial charge in [0, 0.05) is 17.6 Å². The topological polar surface area (TPSA) is 45.0 Å². The van der Waals surface area contributed by atoms with Crippen molar-refractivity contribution in [2.45, 2.75) is 13.1 Å². The van der Waals surface area contributed by atoms with E-state index in [2.05, 4.69) is 39.4 Å². The molecule has 4 heteroatoms. The second-order valence-corrected chi connectivity index (χ2v) is 5.30. The highest BCUT2D eigenvalue weighted by Crippen LogP contribution is 2.18. The molecule has 3 nitrogen and oxygen atoms in total. The summed E-state index contributed by atoms with van der Waals surface area (Å²) < 4.78 is 6.21. The summed E-state index contributed by atoms with van der Waals surface area (Å²) >= 11 is 3.46. The first-order chi connectivity index (χ1) is 9.72. The van der Waals surface area contributed by atoms with E-state index >= 15 is 0 Å². The molecule has 2 rings (SSSR count). The van der Waals surface area contributed by atoms with Crippen LogP contribution in [0.1, 0.15) is 16.7 Å². The van der Waals surface area contributed by atoms with Gasteiger partial charge in [0.15, 0.2) is 0 Å². The van der Waals surface area contributed by atoms with Crippen molar-refractivity contribution in [1.82, 2.24) is 5.32 Å². The Labute approximate surface area is 127 Å². The van der Waals surface area contributed by atoms with Gasteiger partial charge in [-0.3, -0.25) is 0 Å². The summed E-state index contributed by atoms with van der Waals surface area (Å²) in [5.74, 6) is 0.614. The van der Waals surface area contributed by atoms with E-state index < -0.39 is 0 Å². The zero-order chi connectivity index (χ0) is 14.4. The Balaban J connectivity index is 1.96. The van der Waals surface area contributed by atoms with E-state index in [0.717, 1.165) is 16.6 Å². The molecule has 0 heterocycles. The molecule has 0 unspecified atom stereocenters. The fourth-order valence-electron chi connectivity index (χ4n) is 1.95. The smallest absolute Gasteiger partial charge is 0.136 e. The van der Waals surface area contributed by atoms with Gasteiger partial charge in [0.1, 0.15) is 11.8 Å². The molecule has 20 heavy (non-hydrogen) atoms. The largest absolute Gasteiger partial charge is 0.495 e. The van der Waals surface area contributed by atoms with Gasteiger partial charge in [0.2, 0.25) is 0 Å². The van der Waals surface area contributed by atoms with Crippen LogP contribution in [0.3, 0.4) is 0 Å². The van der Waals surface area contributed by atoms with Crippen molar-refractivity contribution in [2.75, 3.05) is 7.11 Å². The summed E-state index contributed by atoms with van der Waals surface area (Å²) in [6, 6.07) is 16.0. The molecule has 0 spiro atoms. The standard InChI is InChI=1S/C16H15BrN2O/c1-20-16-6-5-13(7-14(16)9-18)11-19-10-12-3-2-4-15(17)8-12/h2-8,19H,10-11H2,1H3. The van der Waals surface area contributed by atoms with Crippen LogP contribution < -0.4 is 10.1 Å². The van der Waals surface area contributed by atoms with Crippen LogP contribution in [0, 0.1) is 11.3 Å². The van der Waals surface area contributed by atoms with E-state index in [1.54, 1.807) is 7.11 Å². The summed E-state index contributed by atoms with van der Waals surface area (Å²) in [7, 11) is 1.57. The van der Waals surface area contributed by atoms with Crippen molar-refractivity contribution in [3.63, 3.8) is 0 Å². The second kappa shape index (κ2) is 7.09. The van der Waals surface area contributed by atoms with Crippen molar-refractivity contribution in [1.29, 1.82) is 5.26 Å². The summed E-state index contributed by atoms with van der Waals surface area (Å²) in [4.78, 5) is 0. The SMILES string of the molecule is COc1ccc(CNCc2cccc(Br)c2)cc1C#N. The van der Waals surface area contributed by atoms with Crippen LogP contribution in [-0.2, 0) is 13.1 Å². The van der Waals surface area contributed by atoms with Crippen LogP contribution in [0.2, 0.25) is 0 Å². The fraction of sp³-hybridized carbons (Fsp3) is 0.188. The van der Waals surface area contributed by atoms with Gasteiger partial charge in [0.25, 0.3) is 0 Å². The van der Waals surface area contributed by atoms with Crippen LogP contribution in [-0.4, -0.2) is 7.11 Å². The lowest BCUT2D eigenvalue weighted by molar-refractivity contribution is 0.413. The lowest BCUT2D eigenvalue weighted by Gasteiger charge is -2.08. The van der Waals surface area contributed by atoms with E-state index in [9.17, 15) is 0 Å². The summed E-state index contributed by atoms with van der Waals surface area (Å²) in [5.41, 5.74) is 2.85. The van der Waals surface area contributed by atoms with Gasteiger partial charge >= 0.3 is 0 Å². The van der Waals surface area contributed by atoms with Gasteiger partial charge in [0.05, 0.1) is 12.7 Å². The quantitative estimate of drug-likeness (QED) is 0.910. The normalized spacial score (nSPS) is 10.1. The zero-order valence-electron chi connectivity index (χ0n) is 11.2. The summed E-state index contributed by atoms with van der Waals surface area (Å²) in [6.07, 6.45) is 0. The Morgan fingerprint density at radius 1 is 1.15 bits per heavy atom. The Kier molecular flexibility index (Phi) is 5.16. The van der Waals surface area contributed by atoms with Crippen molar-refractivity contribution in [3.05, 3.63) is 63.6 Å². The molecule has 0 aromatic heterocycles. The highest BCUT2D eigenvalue weighted by Gasteiger charge is 2.03. The van der Waals surface area contributed by atoms with E-state index in [0.29, 0.717) is 17.9 Å². The molecule has 102 valence electrons. The molecule has 1 N–H and O–H groups in total. The molecule has 2 aromatic carbocycles. The molecule has 0 bridgehead atoms. The Hall–Kier alpha value is -1.83. The molecule has 0 saturated carbocycles. The maximum absolute atomic E-state index is 9.05. The van der Waals surface area contributed by atoms with Crippen molar-refractivity contribution >= 4 is 15.9 Å². The minimum Gasteiger partial charge on any atom is -0.495 e. The number of halogens is 1. The van der Waals surface area contributed by atoms with Gasteiger partial charge in [-0.2, -0.15) is 5.26 Å². The van der Waals surface area contributed by atoms with Gasteiger partial charge in [-0.15, -0.1) is 0 Å². The van der Waals surface area contributed by atoms with Crippen LogP contribution in [0.15, 0.2) is 46.9 Å². The molecular weight excluding hydrogens is 316 g/mol. The number of rotatable bonds is 5. The summed E-state index contributed by atoms with van der Waals surface area (Å²) in [6.45, 7) is 1.50. The number of hydrogen-bond donors (Lipinski definition) is 1. The van der Waals surface area contributed by atoms with Crippen LogP contribution in [0.5, 0.6) is 5.75 Å². The van der Waals surface area contributed by atoms with Gasteiger partial charge in [-0.05, 0) is 35.4 Å². The number of methoxy groups -OCH3 is 1. The number of nitriles is 1. The average molecular weight is 331 g/mol. The predicted octanol–water partition coefficient (Wildman–Crippen LogP) is 3.62. The van der Waals surface area contributed by atoms with Crippen LogP contribution in [0.4, 0.5) is 0 Å². The first-order valence-corrected chi connectivity index (χ1v) is 7.04. The Morgan fingerprint density at radius 3 is 2.55 bits per heavy atom. The predicted molar refractivity (Wildman–Crippen MR) is 82.4 cm³/mol. The molecule has 0 radical (unpaired) electrons. The first-order valence-electron chi connectivity index (χ1n) is 6.25. The van der Waals surface area contributed by atoms with E-state index in [-0.39, 0.29) is 0 Å². The molecule has 0 aliphatic heterocycles. The van der Waals surface area contributed by atoms with Gasteiger partial charge in [-0.1, -0.05) is 34.1 Å². The molecule has 2 aromatic rings. The molecule has 0 aliphatic carbocycles. The molecule has 0 amide bonds.